The fourth-order valence-corrected chi connectivity index (χ4v) is 1.78. The zero-order chi connectivity index (χ0) is 16.8. The number of carbonyl (C=O) groups is 1. The molecule has 6 nitrogen and oxygen atoms in total. The van der Waals surface area contributed by atoms with Crippen molar-refractivity contribution < 1.29 is 19.7 Å². The fraction of sp³-hybridized carbons (Fsp3) is 0.562. The van der Waals surface area contributed by atoms with E-state index < -0.39 is 5.60 Å². The van der Waals surface area contributed by atoms with Gasteiger partial charge in [-0.25, -0.2) is 4.79 Å². The van der Waals surface area contributed by atoms with Crippen LogP contribution in [0.25, 0.3) is 0 Å². The molecule has 0 heterocycles. The fourth-order valence-electron chi connectivity index (χ4n) is 1.78. The maximum absolute atomic E-state index is 11.7. The molecule has 0 radical (unpaired) electrons. The smallest absolute Gasteiger partial charge is 0.410 e. The van der Waals surface area contributed by atoms with Gasteiger partial charge in [-0.05, 0) is 51.4 Å². The molecule has 0 spiro atoms. The average molecular weight is 310 g/mol. The SMILES string of the molecule is CN(CCCNCc1ccc(O)c(O)c1)C(=O)OC(C)(C)C. The van der Waals surface area contributed by atoms with E-state index in [2.05, 4.69) is 5.32 Å². The van der Waals surface area contributed by atoms with Crippen molar-refractivity contribution in [2.45, 2.75) is 39.3 Å². The lowest BCUT2D eigenvalue weighted by molar-refractivity contribution is 0.0297. The molecule has 6 heteroatoms. The number of nitrogens with zero attached hydrogens (tertiary/aromatic N) is 1. The van der Waals surface area contributed by atoms with Gasteiger partial charge in [-0.3, -0.25) is 0 Å². The molecule has 0 atom stereocenters. The summed E-state index contributed by atoms with van der Waals surface area (Å²) in [5.74, 6) is -0.244. The number of aromatic hydroxyl groups is 2. The van der Waals surface area contributed by atoms with Gasteiger partial charge in [0, 0.05) is 20.1 Å². The summed E-state index contributed by atoms with van der Waals surface area (Å²) in [6.07, 6.45) is 0.468. The van der Waals surface area contributed by atoms with Crippen molar-refractivity contribution >= 4 is 6.09 Å². The van der Waals surface area contributed by atoms with E-state index in [0.29, 0.717) is 13.1 Å². The third-order valence-corrected chi connectivity index (χ3v) is 2.92. The van der Waals surface area contributed by atoms with Gasteiger partial charge < -0.3 is 25.2 Å². The largest absolute Gasteiger partial charge is 0.504 e. The van der Waals surface area contributed by atoms with Crippen LogP contribution in [0.2, 0.25) is 0 Å². The van der Waals surface area contributed by atoms with E-state index in [1.165, 1.54) is 12.1 Å². The number of hydrogen-bond acceptors (Lipinski definition) is 5. The summed E-state index contributed by atoms with van der Waals surface area (Å²) in [4.78, 5) is 13.3. The van der Waals surface area contributed by atoms with Gasteiger partial charge in [0.25, 0.3) is 0 Å². The van der Waals surface area contributed by atoms with E-state index in [-0.39, 0.29) is 17.6 Å². The number of carbonyl (C=O) groups excluding carboxylic acids is 1. The number of benzene rings is 1. The van der Waals surface area contributed by atoms with E-state index in [1.54, 1.807) is 18.0 Å². The van der Waals surface area contributed by atoms with Crippen LogP contribution in [0, 0.1) is 0 Å². The van der Waals surface area contributed by atoms with Crippen molar-refractivity contribution in [2.24, 2.45) is 0 Å². The highest BCUT2D eigenvalue weighted by Gasteiger charge is 2.18. The Morgan fingerprint density at radius 2 is 1.95 bits per heavy atom. The van der Waals surface area contributed by atoms with Crippen LogP contribution in [0.15, 0.2) is 18.2 Å². The standard InChI is InChI=1S/C16H26N2O4/c1-16(2,3)22-15(21)18(4)9-5-8-17-11-12-6-7-13(19)14(20)10-12/h6-7,10,17,19-20H,5,8-9,11H2,1-4H3. The molecule has 1 aromatic carbocycles. The van der Waals surface area contributed by atoms with Crippen molar-refractivity contribution in [3.63, 3.8) is 0 Å². The number of amides is 1. The number of hydrogen-bond donors (Lipinski definition) is 3. The number of rotatable bonds is 6. The van der Waals surface area contributed by atoms with E-state index in [9.17, 15) is 15.0 Å². The number of nitrogens with one attached hydrogen (secondary N) is 1. The zero-order valence-corrected chi connectivity index (χ0v) is 13.7. The molecule has 0 aliphatic carbocycles. The first-order valence-electron chi connectivity index (χ1n) is 7.35. The van der Waals surface area contributed by atoms with Crippen molar-refractivity contribution in [2.75, 3.05) is 20.1 Å². The molecular formula is C16H26N2O4. The number of ether oxygens (including phenoxy) is 1. The van der Waals surface area contributed by atoms with Crippen molar-refractivity contribution in [1.82, 2.24) is 10.2 Å². The lowest BCUT2D eigenvalue weighted by atomic mass is 10.2. The van der Waals surface area contributed by atoms with Crippen molar-refractivity contribution in [3.8, 4) is 11.5 Å². The van der Waals surface area contributed by atoms with Crippen molar-refractivity contribution in [1.29, 1.82) is 0 Å². The minimum absolute atomic E-state index is 0.121. The molecule has 0 aromatic heterocycles. The first-order chi connectivity index (χ1) is 10.2. The molecule has 124 valence electrons. The molecule has 0 saturated heterocycles. The Labute approximate surface area is 131 Å². The molecular weight excluding hydrogens is 284 g/mol. The Balaban J connectivity index is 2.22. The molecule has 0 saturated carbocycles. The molecule has 3 N–H and O–H groups in total. The van der Waals surface area contributed by atoms with Crippen molar-refractivity contribution in [3.05, 3.63) is 23.8 Å². The molecule has 1 amide bonds. The summed E-state index contributed by atoms with van der Waals surface area (Å²) >= 11 is 0. The first kappa shape index (κ1) is 18.1. The lowest BCUT2D eigenvalue weighted by Gasteiger charge is -2.24. The third-order valence-electron chi connectivity index (χ3n) is 2.92. The third kappa shape index (κ3) is 6.67. The zero-order valence-electron chi connectivity index (χ0n) is 13.7. The van der Waals surface area contributed by atoms with Gasteiger partial charge in [0.05, 0.1) is 0 Å². The van der Waals surface area contributed by atoms with Crippen LogP contribution in [0.5, 0.6) is 11.5 Å². The van der Waals surface area contributed by atoms with Crippen LogP contribution in [-0.4, -0.2) is 46.9 Å². The second kappa shape index (κ2) is 7.89. The molecule has 22 heavy (non-hydrogen) atoms. The van der Waals surface area contributed by atoms with Gasteiger partial charge in [0.15, 0.2) is 11.5 Å². The van der Waals surface area contributed by atoms with Crippen LogP contribution >= 0.6 is 0 Å². The normalized spacial score (nSPS) is 11.3. The highest BCUT2D eigenvalue weighted by molar-refractivity contribution is 5.67. The molecule has 0 unspecified atom stereocenters. The van der Waals surface area contributed by atoms with E-state index >= 15 is 0 Å². The highest BCUT2D eigenvalue weighted by Crippen LogP contribution is 2.24. The Hall–Kier alpha value is -1.95. The summed E-state index contributed by atoms with van der Waals surface area (Å²) in [7, 11) is 1.71. The van der Waals surface area contributed by atoms with Gasteiger partial charge in [-0.15, -0.1) is 0 Å². The van der Waals surface area contributed by atoms with E-state index in [0.717, 1.165) is 18.5 Å². The van der Waals surface area contributed by atoms with Crippen LogP contribution in [0.3, 0.4) is 0 Å². The quantitative estimate of drug-likeness (QED) is 0.555. The minimum Gasteiger partial charge on any atom is -0.504 e. The molecule has 1 rings (SSSR count). The van der Waals surface area contributed by atoms with Gasteiger partial charge in [0.2, 0.25) is 0 Å². The predicted octanol–water partition coefficient (Wildman–Crippen LogP) is 2.44. The Morgan fingerprint density at radius 3 is 2.55 bits per heavy atom. The lowest BCUT2D eigenvalue weighted by Crippen LogP contribution is -2.35. The van der Waals surface area contributed by atoms with Gasteiger partial charge >= 0.3 is 6.09 Å². The first-order valence-corrected chi connectivity index (χ1v) is 7.35. The maximum Gasteiger partial charge on any atom is 0.410 e. The molecule has 0 aliphatic heterocycles. The highest BCUT2D eigenvalue weighted by atomic mass is 16.6. The maximum atomic E-state index is 11.7. The van der Waals surface area contributed by atoms with E-state index in [4.69, 9.17) is 4.74 Å². The number of phenols is 2. The predicted molar refractivity (Wildman–Crippen MR) is 85.0 cm³/mol. The molecule has 0 aliphatic rings. The monoisotopic (exact) mass is 310 g/mol. The van der Waals surface area contributed by atoms with Crippen LogP contribution in [-0.2, 0) is 11.3 Å². The van der Waals surface area contributed by atoms with Gasteiger partial charge in [-0.1, -0.05) is 6.07 Å². The summed E-state index contributed by atoms with van der Waals surface area (Å²) < 4.78 is 5.27. The molecule has 0 bridgehead atoms. The summed E-state index contributed by atoms with van der Waals surface area (Å²) in [5, 5.41) is 21.8. The number of phenolic OH excluding ortho intramolecular Hbond substituents is 2. The Kier molecular flexibility index (Phi) is 6.49. The topological polar surface area (TPSA) is 82.0 Å². The van der Waals surface area contributed by atoms with Crippen LogP contribution in [0.4, 0.5) is 4.79 Å². The van der Waals surface area contributed by atoms with Crippen LogP contribution in [0.1, 0.15) is 32.8 Å². The van der Waals surface area contributed by atoms with Gasteiger partial charge in [0.1, 0.15) is 5.60 Å². The summed E-state index contributed by atoms with van der Waals surface area (Å²) in [6.45, 7) is 7.44. The molecule has 1 aromatic rings. The second-order valence-corrected chi connectivity index (χ2v) is 6.26. The second-order valence-electron chi connectivity index (χ2n) is 6.26. The Morgan fingerprint density at radius 1 is 1.27 bits per heavy atom. The van der Waals surface area contributed by atoms with Crippen LogP contribution < -0.4 is 5.32 Å². The summed E-state index contributed by atoms with van der Waals surface area (Å²) in [6, 6.07) is 4.73. The average Bonchev–Trinajstić information content (AvgIpc) is 2.40. The Bertz CT molecular complexity index is 497. The van der Waals surface area contributed by atoms with E-state index in [1.807, 2.05) is 20.8 Å². The van der Waals surface area contributed by atoms with Gasteiger partial charge in [-0.2, -0.15) is 0 Å². The molecule has 0 fully saturated rings. The summed E-state index contributed by atoms with van der Waals surface area (Å²) in [5.41, 5.74) is 0.403. The minimum atomic E-state index is -0.482.